The summed E-state index contributed by atoms with van der Waals surface area (Å²) in [4.78, 5) is 35.3. The monoisotopic (exact) mass is 426 g/mol. The van der Waals surface area contributed by atoms with Crippen LogP contribution in [-0.4, -0.2) is 38.9 Å². The molecular formula is C14H11BrN4O3S2. The molecule has 2 amide bonds. The highest BCUT2D eigenvalue weighted by atomic mass is 79.9. The average molecular weight is 427 g/mol. The second-order valence-electron chi connectivity index (χ2n) is 4.88. The van der Waals surface area contributed by atoms with Crippen LogP contribution in [0.3, 0.4) is 0 Å². The lowest BCUT2D eigenvalue weighted by atomic mass is 10.1. The maximum Gasteiger partial charge on any atom is 0.240 e. The molecule has 2 aliphatic heterocycles. The van der Waals surface area contributed by atoms with E-state index in [0.29, 0.717) is 21.7 Å². The van der Waals surface area contributed by atoms with Crippen LogP contribution in [0.15, 0.2) is 38.9 Å². The zero-order chi connectivity index (χ0) is 17.1. The molecule has 2 saturated heterocycles. The van der Waals surface area contributed by atoms with E-state index in [2.05, 4.69) is 36.8 Å². The standard InChI is InChI=1S/C14H11BrN4O3S2/c15-8-3-1-7(2-4-8)9(20)5-10-12(22)17-14(24-10)19-18-13-16-11(21)6-23-13/h1-4,10H,5-6H2,(H,16,18,21)(H,17,19,22). The van der Waals surface area contributed by atoms with Gasteiger partial charge in [0, 0.05) is 16.5 Å². The predicted molar refractivity (Wildman–Crippen MR) is 98.1 cm³/mol. The van der Waals surface area contributed by atoms with E-state index < -0.39 is 5.25 Å². The summed E-state index contributed by atoms with van der Waals surface area (Å²) in [5.41, 5.74) is 0.558. The number of Topliss-reactive ketones (excluding diaryl/α,β-unsaturated/α-hetero) is 1. The van der Waals surface area contributed by atoms with Crippen LogP contribution in [0.2, 0.25) is 0 Å². The molecule has 0 aromatic heterocycles. The van der Waals surface area contributed by atoms with E-state index >= 15 is 0 Å². The van der Waals surface area contributed by atoms with E-state index in [9.17, 15) is 14.4 Å². The fourth-order valence-corrected chi connectivity index (χ4v) is 3.79. The number of halogens is 1. The number of nitrogens with zero attached hydrogens (tertiary/aromatic N) is 2. The molecule has 0 radical (unpaired) electrons. The van der Waals surface area contributed by atoms with Gasteiger partial charge in [0.25, 0.3) is 0 Å². The molecule has 124 valence electrons. The lowest BCUT2D eigenvalue weighted by Gasteiger charge is -2.04. The SMILES string of the molecule is O=C1CS/C(=N/N=C2\NC(=O)C(CC(=O)c3ccc(Br)cc3)S2)N1. The van der Waals surface area contributed by atoms with Crippen molar-refractivity contribution in [3.05, 3.63) is 34.3 Å². The third-order valence-corrected chi connectivity index (χ3v) is 5.60. The minimum atomic E-state index is -0.536. The molecule has 7 nitrogen and oxygen atoms in total. The first kappa shape index (κ1) is 17.2. The van der Waals surface area contributed by atoms with Crippen molar-refractivity contribution >= 4 is 67.4 Å². The van der Waals surface area contributed by atoms with Gasteiger partial charge < -0.3 is 10.6 Å². The second-order valence-corrected chi connectivity index (χ2v) is 7.95. The number of carbonyl (C=O) groups excluding carboxylic acids is 3. The topological polar surface area (TPSA) is 100.0 Å². The Hall–Kier alpha value is -1.65. The summed E-state index contributed by atoms with van der Waals surface area (Å²) in [6, 6.07) is 6.99. The van der Waals surface area contributed by atoms with E-state index in [1.165, 1.54) is 11.8 Å². The molecule has 1 aromatic rings. The highest BCUT2D eigenvalue weighted by Gasteiger charge is 2.32. The van der Waals surface area contributed by atoms with E-state index in [1.54, 1.807) is 24.3 Å². The van der Waals surface area contributed by atoms with E-state index in [-0.39, 0.29) is 24.0 Å². The summed E-state index contributed by atoms with van der Waals surface area (Å²) >= 11 is 5.72. The molecule has 2 fully saturated rings. The zero-order valence-corrected chi connectivity index (χ0v) is 15.3. The van der Waals surface area contributed by atoms with Crippen molar-refractivity contribution in [1.82, 2.24) is 10.6 Å². The Morgan fingerprint density at radius 3 is 2.54 bits per heavy atom. The lowest BCUT2D eigenvalue weighted by molar-refractivity contribution is -0.119. The van der Waals surface area contributed by atoms with Crippen LogP contribution < -0.4 is 10.6 Å². The smallest absolute Gasteiger partial charge is 0.240 e. The number of hydrogen-bond acceptors (Lipinski definition) is 7. The van der Waals surface area contributed by atoms with E-state index in [4.69, 9.17) is 0 Å². The van der Waals surface area contributed by atoms with Crippen molar-refractivity contribution in [2.75, 3.05) is 5.75 Å². The van der Waals surface area contributed by atoms with Crippen LogP contribution in [0.4, 0.5) is 0 Å². The lowest BCUT2D eigenvalue weighted by Crippen LogP contribution is -2.26. The molecule has 10 heteroatoms. The molecule has 1 aromatic carbocycles. The van der Waals surface area contributed by atoms with Crippen LogP contribution in [0, 0.1) is 0 Å². The molecule has 2 aliphatic rings. The Kier molecular flexibility index (Phi) is 5.36. The Balaban J connectivity index is 1.61. The molecule has 0 bridgehead atoms. The van der Waals surface area contributed by atoms with Gasteiger partial charge in [-0.05, 0) is 12.1 Å². The van der Waals surface area contributed by atoms with Gasteiger partial charge >= 0.3 is 0 Å². The number of hydrogen-bond donors (Lipinski definition) is 2. The largest absolute Gasteiger partial charge is 0.303 e. The first-order valence-corrected chi connectivity index (χ1v) is 9.51. The maximum absolute atomic E-state index is 12.2. The molecule has 3 rings (SSSR count). The molecule has 0 aliphatic carbocycles. The summed E-state index contributed by atoms with van der Waals surface area (Å²) < 4.78 is 0.887. The van der Waals surface area contributed by atoms with Crippen LogP contribution in [0.25, 0.3) is 0 Å². The Morgan fingerprint density at radius 2 is 1.88 bits per heavy atom. The molecular weight excluding hydrogens is 416 g/mol. The first-order chi connectivity index (χ1) is 11.5. The van der Waals surface area contributed by atoms with Crippen molar-refractivity contribution in [2.45, 2.75) is 11.7 Å². The number of benzene rings is 1. The minimum Gasteiger partial charge on any atom is -0.303 e. The summed E-state index contributed by atoms with van der Waals surface area (Å²) in [6.07, 6.45) is 0.0825. The summed E-state index contributed by atoms with van der Waals surface area (Å²) in [5, 5.41) is 13.1. The quantitative estimate of drug-likeness (QED) is 0.564. The van der Waals surface area contributed by atoms with E-state index in [0.717, 1.165) is 16.2 Å². The number of amidine groups is 2. The fraction of sp³-hybridized carbons (Fsp3) is 0.214. The predicted octanol–water partition coefficient (Wildman–Crippen LogP) is 1.74. The van der Waals surface area contributed by atoms with Gasteiger partial charge in [-0.1, -0.05) is 51.6 Å². The maximum atomic E-state index is 12.2. The van der Waals surface area contributed by atoms with Gasteiger partial charge in [-0.3, -0.25) is 14.4 Å². The molecule has 2 N–H and O–H groups in total. The van der Waals surface area contributed by atoms with Crippen LogP contribution in [0.5, 0.6) is 0 Å². The third-order valence-electron chi connectivity index (χ3n) is 3.13. The normalized spacial score (nSPS) is 23.6. The fourth-order valence-electron chi connectivity index (χ4n) is 1.98. The highest BCUT2D eigenvalue weighted by Crippen LogP contribution is 2.24. The molecule has 1 atom stereocenters. The Labute approximate surface area is 154 Å². The molecule has 0 saturated carbocycles. The number of rotatable bonds is 4. The van der Waals surface area contributed by atoms with Crippen LogP contribution in [-0.2, 0) is 9.59 Å². The summed E-state index contributed by atoms with van der Waals surface area (Å²) in [7, 11) is 0. The van der Waals surface area contributed by atoms with Gasteiger partial charge in [0.15, 0.2) is 16.1 Å². The Bertz CT molecular complexity index is 764. The minimum absolute atomic E-state index is 0.0825. The number of carbonyl (C=O) groups is 3. The van der Waals surface area contributed by atoms with Gasteiger partial charge in [0.05, 0.1) is 11.0 Å². The van der Waals surface area contributed by atoms with Gasteiger partial charge in [0.2, 0.25) is 11.8 Å². The molecule has 2 heterocycles. The summed E-state index contributed by atoms with van der Waals surface area (Å²) in [5.74, 6) is -0.193. The van der Waals surface area contributed by atoms with Crippen LogP contribution in [0.1, 0.15) is 16.8 Å². The van der Waals surface area contributed by atoms with Gasteiger partial charge in [-0.25, -0.2) is 0 Å². The number of ketones is 1. The van der Waals surface area contributed by atoms with Crippen molar-refractivity contribution < 1.29 is 14.4 Å². The third kappa shape index (κ3) is 4.25. The van der Waals surface area contributed by atoms with Crippen molar-refractivity contribution in [1.29, 1.82) is 0 Å². The van der Waals surface area contributed by atoms with Crippen molar-refractivity contribution in [2.24, 2.45) is 10.2 Å². The van der Waals surface area contributed by atoms with Gasteiger partial charge in [0.1, 0.15) is 0 Å². The second kappa shape index (κ2) is 7.49. The number of amides is 2. The summed E-state index contributed by atoms with van der Waals surface area (Å²) in [6.45, 7) is 0. The van der Waals surface area contributed by atoms with Crippen molar-refractivity contribution in [3.8, 4) is 0 Å². The molecule has 24 heavy (non-hydrogen) atoms. The molecule has 0 spiro atoms. The molecule has 1 unspecified atom stereocenters. The first-order valence-electron chi connectivity index (χ1n) is 6.86. The highest BCUT2D eigenvalue weighted by molar-refractivity contribution is 9.10. The average Bonchev–Trinajstić information content (AvgIpc) is 3.12. The zero-order valence-electron chi connectivity index (χ0n) is 12.1. The van der Waals surface area contributed by atoms with Crippen molar-refractivity contribution in [3.63, 3.8) is 0 Å². The number of thioether (sulfide) groups is 2. The van der Waals surface area contributed by atoms with Crippen LogP contribution >= 0.6 is 39.5 Å². The van der Waals surface area contributed by atoms with Gasteiger partial charge in [-0.2, -0.15) is 0 Å². The van der Waals surface area contributed by atoms with Gasteiger partial charge in [-0.15, -0.1) is 10.2 Å². The Morgan fingerprint density at radius 1 is 1.17 bits per heavy atom. The van der Waals surface area contributed by atoms with E-state index in [1.807, 2.05) is 0 Å². The number of nitrogens with one attached hydrogen (secondary N) is 2.